The quantitative estimate of drug-likeness (QED) is 0.750. The fourth-order valence-corrected chi connectivity index (χ4v) is 2.07. The number of phenolic OH excluding ortho intramolecular Hbond substituents is 1. The molecule has 2 N–H and O–H groups in total. The van der Waals surface area contributed by atoms with Gasteiger partial charge in [0.2, 0.25) is 0 Å². The van der Waals surface area contributed by atoms with Crippen LogP contribution in [0.1, 0.15) is 25.8 Å². The van der Waals surface area contributed by atoms with Crippen LogP contribution in [0.15, 0.2) is 24.3 Å². The smallest absolute Gasteiger partial charge is 0.115 e. The van der Waals surface area contributed by atoms with Crippen molar-refractivity contribution in [1.82, 2.24) is 5.32 Å². The monoisotopic (exact) mass is 241 g/mol. The summed E-state index contributed by atoms with van der Waals surface area (Å²) >= 11 is 5.74. The molecule has 0 aliphatic rings. The standard InChI is InChI=1S/C13H20ClNO/c1-13(2,6-7-14)10-15-9-11-4-3-5-12(16)8-11/h3-5,8,15-16H,6-7,9-10H2,1-2H3. The van der Waals surface area contributed by atoms with E-state index in [1.807, 2.05) is 12.1 Å². The molecule has 0 aliphatic heterocycles. The van der Waals surface area contributed by atoms with E-state index in [2.05, 4.69) is 19.2 Å². The Bertz CT molecular complexity index is 325. The Balaban J connectivity index is 2.35. The van der Waals surface area contributed by atoms with Gasteiger partial charge in [-0.3, -0.25) is 0 Å². The highest BCUT2D eigenvalue weighted by atomic mass is 35.5. The van der Waals surface area contributed by atoms with Gasteiger partial charge in [0.1, 0.15) is 5.75 Å². The van der Waals surface area contributed by atoms with Gasteiger partial charge in [0.05, 0.1) is 0 Å². The Labute approximate surface area is 103 Å². The van der Waals surface area contributed by atoms with Crippen molar-refractivity contribution in [3.05, 3.63) is 29.8 Å². The molecule has 90 valence electrons. The lowest BCUT2D eigenvalue weighted by atomic mass is 9.90. The van der Waals surface area contributed by atoms with Crippen LogP contribution in [0.5, 0.6) is 5.75 Å². The van der Waals surface area contributed by atoms with Crippen molar-refractivity contribution < 1.29 is 5.11 Å². The summed E-state index contributed by atoms with van der Waals surface area (Å²) in [6.45, 7) is 6.10. The van der Waals surface area contributed by atoms with E-state index in [-0.39, 0.29) is 5.41 Å². The van der Waals surface area contributed by atoms with Gasteiger partial charge in [0.25, 0.3) is 0 Å². The number of halogens is 1. The average Bonchev–Trinajstić information content (AvgIpc) is 2.17. The van der Waals surface area contributed by atoms with E-state index in [9.17, 15) is 5.11 Å². The Kier molecular flexibility index (Phi) is 5.10. The van der Waals surface area contributed by atoms with Gasteiger partial charge in [-0.2, -0.15) is 0 Å². The van der Waals surface area contributed by atoms with Crippen LogP contribution in [0.2, 0.25) is 0 Å². The minimum atomic E-state index is 0.221. The van der Waals surface area contributed by atoms with E-state index >= 15 is 0 Å². The van der Waals surface area contributed by atoms with Crippen LogP contribution in [0.4, 0.5) is 0 Å². The number of hydrogen-bond acceptors (Lipinski definition) is 2. The van der Waals surface area contributed by atoms with Gasteiger partial charge in [0.15, 0.2) is 0 Å². The fraction of sp³-hybridized carbons (Fsp3) is 0.538. The number of alkyl halides is 1. The topological polar surface area (TPSA) is 32.3 Å². The van der Waals surface area contributed by atoms with Crippen LogP contribution >= 0.6 is 11.6 Å². The molecule has 1 aromatic carbocycles. The number of nitrogens with one attached hydrogen (secondary N) is 1. The van der Waals surface area contributed by atoms with Crippen LogP contribution < -0.4 is 5.32 Å². The van der Waals surface area contributed by atoms with E-state index in [4.69, 9.17) is 11.6 Å². The molecular weight excluding hydrogens is 222 g/mol. The first kappa shape index (κ1) is 13.3. The number of hydrogen-bond donors (Lipinski definition) is 2. The molecular formula is C13H20ClNO. The van der Waals surface area contributed by atoms with E-state index in [1.165, 1.54) is 0 Å². The Morgan fingerprint density at radius 1 is 1.38 bits per heavy atom. The predicted molar refractivity (Wildman–Crippen MR) is 68.9 cm³/mol. The molecule has 16 heavy (non-hydrogen) atoms. The Hall–Kier alpha value is -0.730. The third kappa shape index (κ3) is 4.86. The second-order valence-electron chi connectivity index (χ2n) is 4.88. The highest BCUT2D eigenvalue weighted by Gasteiger charge is 2.15. The third-order valence-corrected chi connectivity index (χ3v) is 2.80. The van der Waals surface area contributed by atoms with E-state index in [0.29, 0.717) is 11.6 Å². The van der Waals surface area contributed by atoms with Gasteiger partial charge in [0, 0.05) is 19.0 Å². The molecule has 0 saturated heterocycles. The van der Waals surface area contributed by atoms with Crippen molar-refractivity contribution in [2.24, 2.45) is 5.41 Å². The molecule has 0 heterocycles. The number of rotatable bonds is 6. The maximum atomic E-state index is 9.31. The summed E-state index contributed by atoms with van der Waals surface area (Å²) in [6, 6.07) is 7.32. The second-order valence-corrected chi connectivity index (χ2v) is 5.25. The Morgan fingerprint density at radius 3 is 2.75 bits per heavy atom. The maximum absolute atomic E-state index is 9.31. The first-order valence-electron chi connectivity index (χ1n) is 5.58. The molecule has 0 amide bonds. The summed E-state index contributed by atoms with van der Waals surface area (Å²) in [7, 11) is 0. The van der Waals surface area contributed by atoms with Crippen molar-refractivity contribution in [3.63, 3.8) is 0 Å². The minimum absolute atomic E-state index is 0.221. The van der Waals surface area contributed by atoms with Crippen LogP contribution in [0.3, 0.4) is 0 Å². The number of benzene rings is 1. The lowest BCUT2D eigenvalue weighted by molar-refractivity contribution is 0.329. The van der Waals surface area contributed by atoms with Gasteiger partial charge in [-0.05, 0) is 29.5 Å². The van der Waals surface area contributed by atoms with E-state index in [1.54, 1.807) is 12.1 Å². The highest BCUT2D eigenvalue weighted by molar-refractivity contribution is 6.17. The molecule has 1 aromatic rings. The van der Waals surface area contributed by atoms with Crippen molar-refractivity contribution in [2.45, 2.75) is 26.8 Å². The number of aromatic hydroxyl groups is 1. The summed E-state index contributed by atoms with van der Waals surface area (Å²) in [6.07, 6.45) is 1.00. The van der Waals surface area contributed by atoms with E-state index < -0.39 is 0 Å². The molecule has 0 unspecified atom stereocenters. The molecule has 3 heteroatoms. The Morgan fingerprint density at radius 2 is 2.12 bits per heavy atom. The molecule has 0 aliphatic carbocycles. The van der Waals surface area contributed by atoms with Crippen LogP contribution in [-0.4, -0.2) is 17.5 Å². The summed E-state index contributed by atoms with van der Waals surface area (Å²) in [5.74, 6) is 1.01. The first-order chi connectivity index (χ1) is 7.53. The summed E-state index contributed by atoms with van der Waals surface area (Å²) in [4.78, 5) is 0. The first-order valence-corrected chi connectivity index (χ1v) is 6.11. The lowest BCUT2D eigenvalue weighted by Crippen LogP contribution is -2.29. The van der Waals surface area contributed by atoms with Gasteiger partial charge >= 0.3 is 0 Å². The molecule has 0 atom stereocenters. The SMILES string of the molecule is CC(C)(CCCl)CNCc1cccc(O)c1. The van der Waals surface area contributed by atoms with Crippen molar-refractivity contribution in [1.29, 1.82) is 0 Å². The van der Waals surface area contributed by atoms with Crippen molar-refractivity contribution >= 4 is 11.6 Å². The van der Waals surface area contributed by atoms with Gasteiger partial charge in [-0.15, -0.1) is 11.6 Å². The average molecular weight is 242 g/mol. The molecule has 1 rings (SSSR count). The third-order valence-electron chi connectivity index (χ3n) is 2.61. The molecule has 0 bridgehead atoms. The normalized spacial score (nSPS) is 11.7. The minimum Gasteiger partial charge on any atom is -0.508 e. The zero-order valence-corrected chi connectivity index (χ0v) is 10.7. The predicted octanol–water partition coefficient (Wildman–Crippen LogP) is 3.14. The van der Waals surface area contributed by atoms with Gasteiger partial charge < -0.3 is 10.4 Å². The molecule has 2 nitrogen and oxygen atoms in total. The molecule has 0 aromatic heterocycles. The van der Waals surface area contributed by atoms with Gasteiger partial charge in [-0.25, -0.2) is 0 Å². The summed E-state index contributed by atoms with van der Waals surface area (Å²) in [5, 5.41) is 12.7. The van der Waals surface area contributed by atoms with Crippen molar-refractivity contribution in [3.8, 4) is 5.75 Å². The summed E-state index contributed by atoms with van der Waals surface area (Å²) < 4.78 is 0. The van der Waals surface area contributed by atoms with E-state index in [0.717, 1.165) is 25.1 Å². The lowest BCUT2D eigenvalue weighted by Gasteiger charge is -2.23. The fourth-order valence-electron chi connectivity index (χ4n) is 1.56. The zero-order chi connectivity index (χ0) is 12.0. The van der Waals surface area contributed by atoms with Crippen LogP contribution in [0, 0.1) is 5.41 Å². The number of phenols is 1. The molecule has 0 fully saturated rings. The van der Waals surface area contributed by atoms with Crippen LogP contribution in [0.25, 0.3) is 0 Å². The second kappa shape index (κ2) is 6.12. The van der Waals surface area contributed by atoms with Crippen molar-refractivity contribution in [2.75, 3.05) is 12.4 Å². The zero-order valence-electron chi connectivity index (χ0n) is 9.96. The molecule has 0 spiro atoms. The largest absolute Gasteiger partial charge is 0.508 e. The summed E-state index contributed by atoms with van der Waals surface area (Å²) in [5.41, 5.74) is 1.32. The molecule has 0 saturated carbocycles. The van der Waals surface area contributed by atoms with Crippen LogP contribution in [-0.2, 0) is 6.54 Å². The molecule has 0 radical (unpaired) electrons. The van der Waals surface area contributed by atoms with Gasteiger partial charge in [-0.1, -0.05) is 26.0 Å². The maximum Gasteiger partial charge on any atom is 0.115 e. The highest BCUT2D eigenvalue weighted by Crippen LogP contribution is 2.19.